The average molecular weight is 435 g/mol. The van der Waals surface area contributed by atoms with Gasteiger partial charge in [0.2, 0.25) is 0 Å². The summed E-state index contributed by atoms with van der Waals surface area (Å²) in [7, 11) is 0. The minimum absolute atomic E-state index is 0.0578. The number of hydrogen-bond acceptors (Lipinski definition) is 5. The van der Waals surface area contributed by atoms with E-state index >= 15 is 0 Å². The van der Waals surface area contributed by atoms with Gasteiger partial charge in [0.05, 0.1) is 11.7 Å². The monoisotopic (exact) mass is 434 g/mol. The largest absolute Gasteiger partial charge is 0.508 e. The molecule has 6 rings (SSSR count). The second kappa shape index (κ2) is 7.56. The van der Waals surface area contributed by atoms with Crippen LogP contribution in [0.4, 0.5) is 0 Å². The van der Waals surface area contributed by atoms with Crippen molar-refractivity contribution in [2.45, 2.75) is 74.3 Å². The Hall–Kier alpha value is -1.92. The van der Waals surface area contributed by atoms with Crippen LogP contribution in [0.3, 0.4) is 0 Å². The smallest absolute Gasteiger partial charge is 0.115 e. The van der Waals surface area contributed by atoms with Gasteiger partial charge in [0, 0.05) is 30.6 Å². The molecule has 170 valence electrons. The number of aliphatic hydroxyl groups is 2. The molecule has 0 spiro atoms. The van der Waals surface area contributed by atoms with Crippen molar-refractivity contribution in [2.24, 2.45) is 5.92 Å². The average Bonchev–Trinajstić information content (AvgIpc) is 3.60. The molecule has 3 fully saturated rings. The highest BCUT2D eigenvalue weighted by Gasteiger charge is 2.66. The molecule has 5 atom stereocenters. The van der Waals surface area contributed by atoms with Crippen molar-refractivity contribution in [3.63, 3.8) is 0 Å². The summed E-state index contributed by atoms with van der Waals surface area (Å²) in [5.74, 6) is 1.02. The molecular weight excluding hydrogens is 400 g/mol. The second-order valence-corrected chi connectivity index (χ2v) is 10.7. The molecule has 1 heterocycles. The molecule has 32 heavy (non-hydrogen) atoms. The van der Waals surface area contributed by atoms with Crippen LogP contribution in [-0.2, 0) is 18.4 Å². The second-order valence-electron chi connectivity index (χ2n) is 10.7. The van der Waals surface area contributed by atoms with Crippen molar-refractivity contribution in [3.8, 4) is 5.75 Å². The van der Waals surface area contributed by atoms with Gasteiger partial charge in [-0.3, -0.25) is 4.90 Å². The van der Waals surface area contributed by atoms with Crippen molar-refractivity contribution in [2.75, 3.05) is 13.1 Å². The summed E-state index contributed by atoms with van der Waals surface area (Å²) in [5.41, 5.74) is 2.04. The van der Waals surface area contributed by atoms with E-state index in [9.17, 15) is 15.3 Å². The van der Waals surface area contributed by atoms with Gasteiger partial charge >= 0.3 is 0 Å². The third kappa shape index (κ3) is 3.21. The van der Waals surface area contributed by atoms with E-state index in [0.29, 0.717) is 19.4 Å². The van der Waals surface area contributed by atoms with E-state index in [-0.39, 0.29) is 17.8 Å². The summed E-state index contributed by atoms with van der Waals surface area (Å²) in [6.07, 6.45) is 4.76. The molecule has 2 bridgehead atoms. The molecule has 1 saturated heterocycles. The predicted molar refractivity (Wildman–Crippen MR) is 123 cm³/mol. The summed E-state index contributed by atoms with van der Waals surface area (Å²) in [6, 6.07) is 15.8. The Morgan fingerprint density at radius 2 is 1.88 bits per heavy atom. The number of fused-ring (bicyclic) bond motifs is 1. The molecule has 0 unspecified atom stereocenters. The highest BCUT2D eigenvalue weighted by atomic mass is 16.3. The molecular formula is C27H34N2O3. The van der Waals surface area contributed by atoms with Gasteiger partial charge in [-0.25, -0.2) is 0 Å². The topological polar surface area (TPSA) is 76.0 Å². The highest BCUT2D eigenvalue weighted by Crippen LogP contribution is 2.58. The van der Waals surface area contributed by atoms with E-state index in [4.69, 9.17) is 0 Å². The predicted octanol–water partition coefficient (Wildman–Crippen LogP) is 2.71. The zero-order chi connectivity index (χ0) is 21.9. The van der Waals surface area contributed by atoms with Crippen LogP contribution in [0.5, 0.6) is 5.75 Å². The van der Waals surface area contributed by atoms with E-state index in [1.807, 2.05) is 30.3 Å². The van der Waals surface area contributed by atoms with Crippen LogP contribution in [0, 0.1) is 5.92 Å². The van der Waals surface area contributed by atoms with Crippen LogP contribution >= 0.6 is 0 Å². The van der Waals surface area contributed by atoms with Crippen LogP contribution < -0.4 is 5.32 Å². The number of piperidine rings is 1. The van der Waals surface area contributed by atoms with E-state index in [1.54, 1.807) is 6.07 Å². The molecule has 0 amide bonds. The lowest BCUT2D eigenvalue weighted by Crippen LogP contribution is -2.76. The first-order valence-electron chi connectivity index (χ1n) is 12.2. The number of phenols is 1. The summed E-state index contributed by atoms with van der Waals surface area (Å²) in [6.45, 7) is 2.70. The highest BCUT2D eigenvalue weighted by molar-refractivity contribution is 5.48. The van der Waals surface area contributed by atoms with Crippen LogP contribution in [-0.4, -0.2) is 57.1 Å². The number of rotatable bonds is 5. The van der Waals surface area contributed by atoms with Gasteiger partial charge < -0.3 is 20.6 Å². The number of nitrogens with zero attached hydrogens (tertiary/aromatic N) is 1. The summed E-state index contributed by atoms with van der Waals surface area (Å²) in [5, 5.41) is 37.6. The molecule has 5 heteroatoms. The lowest BCUT2D eigenvalue weighted by Gasteiger charge is -2.65. The van der Waals surface area contributed by atoms with Gasteiger partial charge in [-0.15, -0.1) is 0 Å². The van der Waals surface area contributed by atoms with Crippen molar-refractivity contribution in [1.82, 2.24) is 10.2 Å². The Morgan fingerprint density at radius 3 is 2.66 bits per heavy atom. The SMILES string of the molecule is Oc1ccc2c(c1)[C@]13CCN(CC4CC4)[C@H](C2)[C@]1(O)C[C@@H](NCc1ccccc1)[C@@H](O)C3. The van der Waals surface area contributed by atoms with Gasteiger partial charge in [-0.05, 0) is 79.8 Å². The van der Waals surface area contributed by atoms with Gasteiger partial charge in [0.15, 0.2) is 0 Å². The number of aliphatic hydroxyl groups excluding tert-OH is 1. The Kier molecular flexibility index (Phi) is 4.88. The van der Waals surface area contributed by atoms with Gasteiger partial charge in [-0.2, -0.15) is 0 Å². The standard InChI is InChI=1S/C27H34N2O3/c30-21-9-8-20-12-25-27(32)14-23(28-16-18-4-2-1-3-5-18)24(31)15-26(27,22(20)13-21)10-11-29(25)17-19-6-7-19/h1-5,8-9,13,19,23-25,28,30-32H,6-7,10-12,14-17H2/t23-,24+,25-,26-,27-/m1/s1. The van der Waals surface area contributed by atoms with E-state index in [1.165, 1.54) is 24.0 Å². The van der Waals surface area contributed by atoms with Gasteiger partial charge in [0.25, 0.3) is 0 Å². The van der Waals surface area contributed by atoms with E-state index < -0.39 is 17.1 Å². The van der Waals surface area contributed by atoms with Crippen molar-refractivity contribution in [1.29, 1.82) is 0 Å². The number of nitrogens with one attached hydrogen (secondary N) is 1. The Morgan fingerprint density at radius 1 is 1.06 bits per heavy atom. The summed E-state index contributed by atoms with van der Waals surface area (Å²) >= 11 is 0. The molecule has 1 aliphatic heterocycles. The van der Waals surface area contributed by atoms with E-state index in [2.05, 4.69) is 22.3 Å². The van der Waals surface area contributed by atoms with Crippen molar-refractivity contribution >= 4 is 0 Å². The maximum absolute atomic E-state index is 12.5. The number of hydrogen-bond donors (Lipinski definition) is 4. The first-order chi connectivity index (χ1) is 15.5. The van der Waals surface area contributed by atoms with Crippen LogP contribution in [0.1, 0.15) is 48.8 Å². The number of phenolic OH excluding ortho intramolecular Hbond substituents is 1. The molecule has 2 aromatic carbocycles. The maximum Gasteiger partial charge on any atom is 0.115 e. The zero-order valence-electron chi connectivity index (χ0n) is 18.6. The van der Waals surface area contributed by atoms with Crippen molar-refractivity contribution in [3.05, 3.63) is 65.2 Å². The maximum atomic E-state index is 12.5. The molecule has 5 nitrogen and oxygen atoms in total. The first-order valence-corrected chi connectivity index (χ1v) is 12.2. The van der Waals surface area contributed by atoms with Gasteiger partial charge in [-0.1, -0.05) is 36.4 Å². The number of likely N-dealkylation sites (tertiary alicyclic amines) is 1. The molecule has 2 saturated carbocycles. The van der Waals surface area contributed by atoms with Gasteiger partial charge in [0.1, 0.15) is 5.75 Å². The Labute approximate surface area is 190 Å². The minimum atomic E-state index is -0.922. The lowest BCUT2D eigenvalue weighted by atomic mass is 9.48. The fourth-order valence-corrected chi connectivity index (χ4v) is 6.98. The van der Waals surface area contributed by atoms with E-state index in [0.717, 1.165) is 37.4 Å². The molecule has 2 aromatic rings. The third-order valence-electron chi connectivity index (χ3n) is 8.82. The van der Waals surface area contributed by atoms with Crippen LogP contribution in [0.25, 0.3) is 0 Å². The fraction of sp³-hybridized carbons (Fsp3) is 0.556. The summed E-state index contributed by atoms with van der Waals surface area (Å²) < 4.78 is 0. The van der Waals surface area contributed by atoms with Crippen molar-refractivity contribution < 1.29 is 15.3 Å². The Bertz CT molecular complexity index is 994. The molecule has 4 N–H and O–H groups in total. The summed E-state index contributed by atoms with van der Waals surface area (Å²) in [4.78, 5) is 2.54. The quantitative estimate of drug-likeness (QED) is 0.582. The number of benzene rings is 2. The number of aromatic hydroxyl groups is 1. The molecule has 0 radical (unpaired) electrons. The first kappa shape index (κ1) is 20.7. The van der Waals surface area contributed by atoms with Crippen LogP contribution in [0.15, 0.2) is 48.5 Å². The normalized spacial score (nSPS) is 36.4. The minimum Gasteiger partial charge on any atom is -0.508 e. The lowest BCUT2D eigenvalue weighted by molar-refractivity contribution is -0.190. The molecule has 0 aromatic heterocycles. The van der Waals surface area contributed by atoms with Crippen LogP contribution in [0.2, 0.25) is 0 Å². The molecule has 4 aliphatic rings. The fourth-order valence-electron chi connectivity index (χ4n) is 6.98. The zero-order valence-corrected chi connectivity index (χ0v) is 18.6. The Balaban J connectivity index is 1.35. The third-order valence-corrected chi connectivity index (χ3v) is 8.82. The molecule has 3 aliphatic carbocycles.